The summed E-state index contributed by atoms with van der Waals surface area (Å²) in [6, 6.07) is 5.58. The number of amides is 1. The molecule has 1 amide bonds. The first kappa shape index (κ1) is 15.5. The quantitative estimate of drug-likeness (QED) is 0.729. The summed E-state index contributed by atoms with van der Waals surface area (Å²) in [6.45, 7) is 0.300. The molecule has 0 aromatic heterocycles. The number of halogens is 1. The van der Waals surface area contributed by atoms with Crippen LogP contribution in [0.25, 0.3) is 0 Å². The lowest BCUT2D eigenvalue weighted by molar-refractivity contribution is -0.138. The van der Waals surface area contributed by atoms with E-state index in [4.69, 9.17) is 10.8 Å². The average molecular weight is 401 g/mol. The highest BCUT2D eigenvalue weighted by molar-refractivity contribution is 9.10. The molecule has 124 valence electrons. The Labute approximate surface area is 149 Å². The van der Waals surface area contributed by atoms with Gasteiger partial charge in [-0.3, -0.25) is 9.69 Å². The van der Waals surface area contributed by atoms with E-state index in [1.807, 2.05) is 24.5 Å². The summed E-state index contributed by atoms with van der Waals surface area (Å²) in [7, 11) is 0. The highest BCUT2D eigenvalue weighted by Gasteiger charge is 2.44. The Bertz CT molecular complexity index is 673. The fourth-order valence-corrected chi connectivity index (χ4v) is 3.93. The lowest BCUT2D eigenvalue weighted by atomic mass is 9.87. The normalized spacial score (nSPS) is 27.9. The lowest BCUT2D eigenvalue weighted by Crippen LogP contribution is -2.48. The third-order valence-corrected chi connectivity index (χ3v) is 5.15. The number of carbonyl (C=O) groups excluding carboxylic acids is 2. The molecule has 23 heavy (non-hydrogen) atoms. The van der Waals surface area contributed by atoms with Gasteiger partial charge >= 0.3 is 0 Å². The maximum absolute atomic E-state index is 12.9. The second-order valence-electron chi connectivity index (χ2n) is 5.74. The molecule has 1 spiro atoms. The second-order valence-corrected chi connectivity index (χ2v) is 7.50. The predicted molar refractivity (Wildman–Crippen MR) is 93.0 cm³/mol. The van der Waals surface area contributed by atoms with E-state index in [0.717, 1.165) is 10.2 Å². The minimum atomic E-state index is -0.839. The molecule has 1 aromatic rings. The molecule has 0 aliphatic carbocycles. The van der Waals surface area contributed by atoms with E-state index in [0.29, 0.717) is 24.7 Å². The third-order valence-electron chi connectivity index (χ3n) is 4.14. The van der Waals surface area contributed by atoms with Crippen molar-refractivity contribution < 1.29 is 20.4 Å². The number of rotatable bonds is 3. The van der Waals surface area contributed by atoms with E-state index in [-0.39, 0.29) is 18.7 Å². The van der Waals surface area contributed by atoms with Crippen LogP contribution in [0, 0.1) is 0 Å². The number of hydrogen-bond donors (Lipinski definition) is 0. The van der Waals surface area contributed by atoms with E-state index >= 15 is 0 Å². The Kier molecular flexibility index (Phi) is 4.59. The van der Waals surface area contributed by atoms with Crippen LogP contribution in [0.2, 0.25) is 0 Å². The van der Waals surface area contributed by atoms with Crippen LogP contribution in [0.1, 0.15) is 20.6 Å². The zero-order chi connectivity index (χ0) is 17.3. The van der Waals surface area contributed by atoms with Crippen molar-refractivity contribution in [1.82, 2.24) is 0 Å². The maximum Gasteiger partial charge on any atom is 0.231 e. The molecular weight excluding hydrogens is 382 g/mol. The molecule has 1 aromatic carbocycles. The van der Waals surface area contributed by atoms with Crippen LogP contribution in [-0.4, -0.2) is 42.6 Å². The standard InChI is InChI=1S/C16H18BrNO4S/c1-23-10-18-13-3-2-11(17)6-14(13)22-16(8-15(18)20)4-5-21-12(7-16)9-19/h2-3,6,9,12H,4-5,7-8,10H2,1H3/i9D. The van der Waals surface area contributed by atoms with Crippen molar-refractivity contribution >= 4 is 45.5 Å². The summed E-state index contributed by atoms with van der Waals surface area (Å²) < 4.78 is 19.8. The van der Waals surface area contributed by atoms with Crippen LogP contribution in [0.5, 0.6) is 5.75 Å². The number of anilines is 1. The van der Waals surface area contributed by atoms with Gasteiger partial charge in [-0.05, 0) is 24.5 Å². The van der Waals surface area contributed by atoms with Crippen molar-refractivity contribution in [2.45, 2.75) is 31.0 Å². The summed E-state index contributed by atoms with van der Waals surface area (Å²) >= 11 is 5.00. The van der Waals surface area contributed by atoms with Gasteiger partial charge in [0.2, 0.25) is 5.91 Å². The van der Waals surface area contributed by atoms with Gasteiger partial charge in [0, 0.05) is 17.3 Å². The van der Waals surface area contributed by atoms with Crippen molar-refractivity contribution in [3.63, 3.8) is 0 Å². The van der Waals surface area contributed by atoms with E-state index in [1.54, 1.807) is 16.7 Å². The van der Waals surface area contributed by atoms with Gasteiger partial charge < -0.3 is 14.3 Å². The van der Waals surface area contributed by atoms with Gasteiger partial charge in [-0.2, -0.15) is 0 Å². The first-order chi connectivity index (χ1) is 11.4. The largest absolute Gasteiger partial charge is 0.484 e. The highest BCUT2D eigenvalue weighted by atomic mass is 79.9. The number of hydrogen-bond acceptors (Lipinski definition) is 5. The summed E-state index contributed by atoms with van der Waals surface area (Å²) in [4.78, 5) is 26.0. The van der Waals surface area contributed by atoms with E-state index in [9.17, 15) is 9.59 Å². The van der Waals surface area contributed by atoms with Gasteiger partial charge in [-0.25, -0.2) is 0 Å². The molecule has 0 bridgehead atoms. The molecule has 7 heteroatoms. The van der Waals surface area contributed by atoms with Gasteiger partial charge in [0.05, 0.1) is 24.6 Å². The van der Waals surface area contributed by atoms with Crippen LogP contribution in [0.3, 0.4) is 0 Å². The van der Waals surface area contributed by atoms with Crippen LogP contribution >= 0.6 is 27.7 Å². The van der Waals surface area contributed by atoms with Gasteiger partial charge in [-0.1, -0.05) is 15.9 Å². The fourth-order valence-electron chi connectivity index (χ4n) is 3.05. The molecule has 2 heterocycles. The summed E-state index contributed by atoms with van der Waals surface area (Å²) in [6.07, 6.45) is 1.24. The van der Waals surface area contributed by atoms with Crippen LogP contribution < -0.4 is 9.64 Å². The number of carbonyl (C=O) groups is 2. The number of ether oxygens (including phenoxy) is 2. The van der Waals surface area contributed by atoms with Crippen LogP contribution in [-0.2, 0) is 14.3 Å². The average Bonchev–Trinajstić information content (AvgIpc) is 2.62. The van der Waals surface area contributed by atoms with Gasteiger partial charge in [-0.15, -0.1) is 11.8 Å². The third kappa shape index (κ3) is 3.41. The van der Waals surface area contributed by atoms with E-state index < -0.39 is 18.0 Å². The first-order valence-electron chi connectivity index (χ1n) is 7.84. The molecule has 0 N–H and O–H groups in total. The van der Waals surface area contributed by atoms with Crippen molar-refractivity contribution in [2.75, 3.05) is 23.6 Å². The number of fused-ring (bicyclic) bond motifs is 1. The van der Waals surface area contributed by atoms with Crippen molar-refractivity contribution in [3.05, 3.63) is 22.7 Å². The van der Waals surface area contributed by atoms with Gasteiger partial charge in [0.1, 0.15) is 25.1 Å². The Balaban J connectivity index is 2.01. The highest BCUT2D eigenvalue weighted by Crippen LogP contribution is 2.43. The van der Waals surface area contributed by atoms with Gasteiger partial charge in [0.25, 0.3) is 0 Å². The minimum absolute atomic E-state index is 0.0384. The summed E-state index contributed by atoms with van der Waals surface area (Å²) in [5.74, 6) is 1.11. The summed E-state index contributed by atoms with van der Waals surface area (Å²) in [5.41, 5.74) is -0.0750. The van der Waals surface area contributed by atoms with Gasteiger partial charge in [0.15, 0.2) is 0 Å². The molecule has 1 fully saturated rings. The second kappa shape index (κ2) is 6.83. The Morgan fingerprint density at radius 1 is 1.61 bits per heavy atom. The molecule has 2 aliphatic rings. The maximum atomic E-state index is 12.9. The number of benzene rings is 1. The Hall–Kier alpha value is -1.05. The Morgan fingerprint density at radius 2 is 2.43 bits per heavy atom. The van der Waals surface area contributed by atoms with Crippen molar-refractivity contribution in [2.24, 2.45) is 0 Å². The first-order valence-corrected chi connectivity index (χ1v) is 9.53. The van der Waals surface area contributed by atoms with Crippen LogP contribution in [0.15, 0.2) is 22.7 Å². The summed E-state index contributed by atoms with van der Waals surface area (Å²) in [5, 5.41) is 0. The fraction of sp³-hybridized carbons (Fsp3) is 0.500. The van der Waals surface area contributed by atoms with E-state index in [1.165, 1.54) is 0 Å². The molecule has 1 saturated heterocycles. The molecule has 3 rings (SSSR count). The minimum Gasteiger partial charge on any atom is -0.484 e. The zero-order valence-electron chi connectivity index (χ0n) is 13.7. The number of aldehydes is 1. The zero-order valence-corrected chi connectivity index (χ0v) is 15.1. The predicted octanol–water partition coefficient (Wildman–Crippen LogP) is 3.00. The Morgan fingerprint density at radius 3 is 3.17 bits per heavy atom. The molecule has 2 aliphatic heterocycles. The monoisotopic (exact) mass is 400 g/mol. The van der Waals surface area contributed by atoms with Crippen LogP contribution in [0.4, 0.5) is 5.69 Å². The van der Waals surface area contributed by atoms with Crippen molar-refractivity contribution in [1.29, 1.82) is 0 Å². The topological polar surface area (TPSA) is 55.8 Å². The smallest absolute Gasteiger partial charge is 0.231 e. The van der Waals surface area contributed by atoms with E-state index in [2.05, 4.69) is 15.9 Å². The number of nitrogens with zero attached hydrogens (tertiary/aromatic N) is 1. The molecule has 0 radical (unpaired) electrons. The number of thioether (sulfide) groups is 1. The van der Waals surface area contributed by atoms with Crippen molar-refractivity contribution in [3.8, 4) is 5.75 Å². The molecule has 0 saturated carbocycles. The SMILES string of the molecule is [2H]C(=O)C1CC2(CCO1)CC(=O)N(CSC)c1ccc(Br)cc1O2. The molecule has 2 unspecified atom stereocenters. The molecular formula is C16H18BrNO4S. The lowest BCUT2D eigenvalue weighted by Gasteiger charge is -2.38. The molecule has 2 atom stereocenters. The molecule has 5 nitrogen and oxygen atoms in total.